The normalized spacial score (nSPS) is 24.7. The number of amides is 4. The van der Waals surface area contributed by atoms with Gasteiger partial charge in [0.15, 0.2) is 17.7 Å². The van der Waals surface area contributed by atoms with Crippen molar-refractivity contribution in [3.8, 4) is 0 Å². The van der Waals surface area contributed by atoms with Crippen LogP contribution in [0.15, 0.2) is 12.7 Å². The van der Waals surface area contributed by atoms with Crippen LogP contribution < -0.4 is 27.0 Å². The third kappa shape index (κ3) is 18.9. The molecule has 69 heavy (non-hydrogen) atoms. The Morgan fingerprint density at radius 3 is 2.06 bits per heavy atom. The molecule has 0 radical (unpaired) electrons. The van der Waals surface area contributed by atoms with Crippen LogP contribution in [0, 0.1) is 0 Å². The number of nitrogens with one attached hydrogen (secondary N) is 4. The Labute approximate surface area is 398 Å². The number of ether oxygens (including phenoxy) is 5. The van der Waals surface area contributed by atoms with E-state index in [9.17, 15) is 57.8 Å². The van der Waals surface area contributed by atoms with E-state index in [2.05, 4.69) is 53.9 Å². The number of aliphatic hydroxyl groups is 2. The molecule has 34 heteroatoms. The summed E-state index contributed by atoms with van der Waals surface area (Å²) in [5.41, 5.74) is 6.00. The molecule has 5 heterocycles. The minimum Gasteiger partial charge on any atom is -0.387 e. The number of hydrogen-bond donors (Lipinski definition) is 10. The van der Waals surface area contributed by atoms with Crippen LogP contribution in [0.25, 0.3) is 11.2 Å². The second-order valence-corrected chi connectivity index (χ2v) is 21.2. The topological polar surface area (TPSA) is 421 Å². The third-order valence-electron chi connectivity index (χ3n) is 10.1. The second-order valence-electron chi connectivity index (χ2n) is 15.3. The zero-order valence-electron chi connectivity index (χ0n) is 37.0. The Morgan fingerprint density at radius 2 is 1.41 bits per heavy atom. The smallest absolute Gasteiger partial charge is 0.387 e. The Bertz CT molecular complexity index is 2170. The standard InChI is InChI=1S/C35H58N9O21P3S/c36-32-29-33(40-20-39-32)44(21-41-29)34-31(49)30(48)23(62-34)18-61-66(51,52)64-68(55,56)65-67(53,54)63-27(47)7-3-6-26(46)38-9-11-58-13-15-60-17-16-59-14-12-57-10-8-37-25(45)5-2-1-4-24-28-22(19-69-24)42-35(50)43-28/h20-24,28,30-31,34,48-49H,1-19H2,(H,37,45)(H,38,46)(H,51,52)(H,53,54)(H,55,56)(H2,36,39,40)(H2,42,43,50)/t22?,23?,24-,28?,30?,31?,34?/m0/s1. The van der Waals surface area contributed by atoms with Gasteiger partial charge in [-0.3, -0.25) is 28.4 Å². The molecule has 11 N–H and O–H groups in total. The molecule has 0 aliphatic carbocycles. The molecule has 10 atom stereocenters. The lowest BCUT2D eigenvalue weighted by Gasteiger charge is -2.20. The number of imidazole rings is 1. The SMILES string of the molecule is Nc1ncnc2c1ncn2C1OC(COP(=O)(O)OP(=O)(O)OP(=O)(O)OC(=O)CCCC(=O)NCCOCCOCCOCCOCCNC(=O)CCCC[C@@H]2SCC3NC(=O)NC32)C(O)C1O. The summed E-state index contributed by atoms with van der Waals surface area (Å²) >= 11 is 1.86. The average molecular weight is 1070 g/mol. The van der Waals surface area contributed by atoms with E-state index in [1.54, 1.807) is 0 Å². The fourth-order valence-electron chi connectivity index (χ4n) is 6.94. The molecule has 30 nitrogen and oxygen atoms in total. The van der Waals surface area contributed by atoms with E-state index < -0.39 is 72.9 Å². The van der Waals surface area contributed by atoms with Crippen molar-refractivity contribution >= 4 is 76.0 Å². The van der Waals surface area contributed by atoms with E-state index >= 15 is 0 Å². The molecule has 390 valence electrons. The Hall–Kier alpha value is -3.45. The summed E-state index contributed by atoms with van der Waals surface area (Å²) in [5, 5.41) is 32.6. The maximum absolute atomic E-state index is 12.4. The quantitative estimate of drug-likeness (QED) is 0.0236. The van der Waals surface area contributed by atoms with Crippen molar-refractivity contribution < 1.29 is 99.1 Å². The number of carbonyl (C=O) groups is 4. The van der Waals surface area contributed by atoms with E-state index in [-0.39, 0.29) is 80.2 Å². The molecular formula is C35H58N9O21P3S. The van der Waals surface area contributed by atoms with E-state index in [0.717, 1.165) is 31.3 Å². The number of aromatic nitrogens is 4. The van der Waals surface area contributed by atoms with Gasteiger partial charge in [0, 0.05) is 43.4 Å². The number of nitrogens with zero attached hydrogens (tertiary/aromatic N) is 4. The molecule has 0 aromatic carbocycles. The van der Waals surface area contributed by atoms with Gasteiger partial charge in [-0.15, -0.1) is 0 Å². The number of phosphoric acid groups is 3. The lowest BCUT2D eigenvalue weighted by Crippen LogP contribution is -2.36. The first-order valence-electron chi connectivity index (χ1n) is 21.6. The fraction of sp³-hybridized carbons (Fsp3) is 0.743. The van der Waals surface area contributed by atoms with E-state index in [4.69, 9.17) is 29.4 Å². The van der Waals surface area contributed by atoms with Crippen LogP contribution in [0.5, 0.6) is 0 Å². The summed E-state index contributed by atoms with van der Waals surface area (Å²) in [6, 6.07) is 0.274. The van der Waals surface area contributed by atoms with Crippen LogP contribution in [0.4, 0.5) is 10.6 Å². The third-order valence-corrected chi connectivity index (χ3v) is 15.9. The van der Waals surface area contributed by atoms with Gasteiger partial charge in [0.2, 0.25) is 11.8 Å². The van der Waals surface area contributed by atoms with Crippen molar-refractivity contribution in [2.45, 2.75) is 86.8 Å². The Kier molecular flexibility index (Phi) is 22.4. The fourth-order valence-corrected chi connectivity index (χ4v) is 12.0. The first kappa shape index (κ1) is 56.5. The van der Waals surface area contributed by atoms with Crippen LogP contribution in [-0.4, -0.2) is 182 Å². The number of rotatable bonds is 33. The zero-order valence-corrected chi connectivity index (χ0v) is 40.5. The first-order valence-corrected chi connectivity index (χ1v) is 27.1. The molecule has 3 aliphatic rings. The maximum atomic E-state index is 12.4. The Balaban J connectivity index is 0.798. The van der Waals surface area contributed by atoms with Crippen molar-refractivity contribution in [2.75, 3.05) is 84.0 Å². The summed E-state index contributed by atoms with van der Waals surface area (Å²) in [4.78, 5) is 89.1. The molecule has 2 aromatic heterocycles. The highest BCUT2D eigenvalue weighted by molar-refractivity contribution is 8.00. The highest BCUT2D eigenvalue weighted by Gasteiger charge is 2.48. The molecule has 0 spiro atoms. The lowest BCUT2D eigenvalue weighted by atomic mass is 10.0. The number of aliphatic hydroxyl groups excluding tert-OH is 2. The molecule has 4 amide bonds. The summed E-state index contributed by atoms with van der Waals surface area (Å²) < 4.78 is 82.0. The van der Waals surface area contributed by atoms with Crippen LogP contribution in [0.1, 0.15) is 51.2 Å². The zero-order chi connectivity index (χ0) is 50.0. The lowest BCUT2D eigenvalue weighted by molar-refractivity contribution is -0.135. The van der Waals surface area contributed by atoms with E-state index in [1.807, 2.05) is 11.8 Å². The number of carbonyl (C=O) groups excluding carboxylic acids is 4. The summed E-state index contributed by atoms with van der Waals surface area (Å²) in [6.45, 7) is 1.82. The minimum absolute atomic E-state index is 0.00886. The number of nitrogen functional groups attached to an aromatic ring is 1. The number of thioether (sulfide) groups is 1. The largest absolute Gasteiger partial charge is 0.538 e. The summed E-state index contributed by atoms with van der Waals surface area (Å²) in [5.74, 6) is -1.04. The molecule has 3 fully saturated rings. The Morgan fingerprint density at radius 1 is 0.797 bits per heavy atom. The average Bonchev–Trinajstić information content (AvgIpc) is 4.03. The van der Waals surface area contributed by atoms with Crippen molar-refractivity contribution in [3.05, 3.63) is 12.7 Å². The summed E-state index contributed by atoms with van der Waals surface area (Å²) in [6.07, 6.45) is -1.98. The van der Waals surface area contributed by atoms with Gasteiger partial charge in [-0.1, -0.05) is 6.42 Å². The number of hydrogen-bond acceptors (Lipinski definition) is 23. The van der Waals surface area contributed by atoms with Crippen LogP contribution >= 0.6 is 35.2 Å². The highest BCUT2D eigenvalue weighted by atomic mass is 32.2. The molecule has 0 bridgehead atoms. The predicted molar refractivity (Wildman–Crippen MR) is 236 cm³/mol. The van der Waals surface area contributed by atoms with E-state index in [1.165, 1.54) is 10.9 Å². The number of urea groups is 1. The number of phosphoric ester groups is 2. The summed E-state index contributed by atoms with van der Waals surface area (Å²) in [7, 11) is -17.4. The maximum Gasteiger partial charge on any atom is 0.538 e. The minimum atomic E-state index is -5.98. The number of anilines is 1. The molecule has 5 rings (SSSR count). The molecular weight excluding hydrogens is 1010 g/mol. The number of nitrogens with two attached hydrogens (primary N) is 1. The molecule has 9 unspecified atom stereocenters. The number of fused-ring (bicyclic) bond motifs is 2. The second kappa shape index (κ2) is 27.4. The first-order chi connectivity index (χ1) is 32.8. The van der Waals surface area contributed by atoms with Crippen molar-refractivity contribution in [1.82, 2.24) is 40.8 Å². The van der Waals surface area contributed by atoms with Gasteiger partial charge < -0.3 is 75.2 Å². The molecule has 3 aliphatic heterocycles. The van der Waals surface area contributed by atoms with Gasteiger partial charge in [-0.25, -0.2) is 33.4 Å². The predicted octanol–water partition coefficient (Wildman–Crippen LogP) is -0.883. The molecule has 3 saturated heterocycles. The van der Waals surface area contributed by atoms with Gasteiger partial charge in [0.05, 0.1) is 77.9 Å². The van der Waals surface area contributed by atoms with Gasteiger partial charge in [-0.2, -0.15) is 20.4 Å². The monoisotopic (exact) mass is 1070 g/mol. The van der Waals surface area contributed by atoms with Gasteiger partial charge in [-0.05, 0) is 19.3 Å². The van der Waals surface area contributed by atoms with Gasteiger partial charge in [0.1, 0.15) is 30.2 Å². The van der Waals surface area contributed by atoms with E-state index in [0.29, 0.717) is 51.2 Å². The van der Waals surface area contributed by atoms with Crippen LogP contribution in [-0.2, 0) is 69.4 Å². The van der Waals surface area contributed by atoms with Crippen molar-refractivity contribution in [1.29, 1.82) is 0 Å². The van der Waals surface area contributed by atoms with Crippen LogP contribution in [0.2, 0.25) is 0 Å². The highest BCUT2D eigenvalue weighted by Crippen LogP contribution is 2.67. The van der Waals surface area contributed by atoms with Crippen LogP contribution in [0.3, 0.4) is 0 Å². The van der Waals surface area contributed by atoms with Crippen molar-refractivity contribution in [2.24, 2.45) is 0 Å². The van der Waals surface area contributed by atoms with Gasteiger partial charge in [0.25, 0.3) is 0 Å². The molecule has 0 saturated carbocycles. The molecule has 2 aromatic rings. The van der Waals surface area contributed by atoms with Crippen molar-refractivity contribution in [3.63, 3.8) is 0 Å². The number of unbranched alkanes of at least 4 members (excludes halogenated alkanes) is 1. The van der Waals surface area contributed by atoms with Gasteiger partial charge >= 0.3 is 35.5 Å².